The van der Waals surface area contributed by atoms with Crippen molar-refractivity contribution >= 4 is 6.29 Å². The van der Waals surface area contributed by atoms with E-state index in [0.29, 0.717) is 6.29 Å². The van der Waals surface area contributed by atoms with Crippen molar-refractivity contribution in [3.05, 3.63) is 46.0 Å². The van der Waals surface area contributed by atoms with Crippen LogP contribution in [-0.2, 0) is 4.79 Å². The van der Waals surface area contributed by atoms with Crippen LogP contribution >= 0.6 is 0 Å². The van der Waals surface area contributed by atoms with Crippen LogP contribution in [-0.4, -0.2) is 17.3 Å². The Morgan fingerprint density at radius 1 is 1.36 bits per heavy atom. The number of carbonyl (C=O) groups is 1. The number of hydrogen-bond acceptors (Lipinski definition) is 3. The lowest BCUT2D eigenvalue weighted by molar-refractivity contribution is -0.508. The Balaban J connectivity index is 2.88. The Hall–Kier alpha value is -1.71. The van der Waals surface area contributed by atoms with Gasteiger partial charge in [-0.2, -0.15) is 0 Å². The molecule has 0 N–H and O–H groups in total. The average molecular weight is 193 g/mol. The molecular weight excluding hydrogens is 182 g/mol. The van der Waals surface area contributed by atoms with Crippen molar-refractivity contribution in [1.82, 2.24) is 0 Å². The van der Waals surface area contributed by atoms with Crippen LogP contribution < -0.4 is 0 Å². The van der Waals surface area contributed by atoms with Crippen molar-refractivity contribution in [2.75, 3.05) is 0 Å². The highest BCUT2D eigenvalue weighted by atomic mass is 16.6. The molecule has 0 aliphatic rings. The van der Waals surface area contributed by atoms with E-state index in [4.69, 9.17) is 0 Å². The van der Waals surface area contributed by atoms with Gasteiger partial charge in [0, 0.05) is 4.92 Å². The minimum Gasteiger partial charge on any atom is -0.296 e. The maximum atomic E-state index is 10.5. The fourth-order valence-corrected chi connectivity index (χ4v) is 1.30. The molecule has 74 valence electrons. The SMILES string of the molecule is C[C@H](c1ccccc1)[C@@H](C=O)[N+](=O)[O-]. The number of aldehydes is 1. The Morgan fingerprint density at radius 3 is 2.36 bits per heavy atom. The lowest BCUT2D eigenvalue weighted by Crippen LogP contribution is -2.27. The van der Waals surface area contributed by atoms with Gasteiger partial charge in [-0.15, -0.1) is 0 Å². The fraction of sp³-hybridized carbons (Fsp3) is 0.300. The van der Waals surface area contributed by atoms with Crippen molar-refractivity contribution in [2.24, 2.45) is 0 Å². The second kappa shape index (κ2) is 4.50. The van der Waals surface area contributed by atoms with Crippen LogP contribution in [0, 0.1) is 10.1 Å². The molecule has 0 aliphatic heterocycles. The molecule has 0 bridgehead atoms. The van der Waals surface area contributed by atoms with Gasteiger partial charge in [-0.25, -0.2) is 0 Å². The maximum absolute atomic E-state index is 10.5. The second-order valence-electron chi connectivity index (χ2n) is 3.11. The molecule has 0 saturated carbocycles. The van der Waals surface area contributed by atoms with Crippen LogP contribution in [0.2, 0.25) is 0 Å². The zero-order chi connectivity index (χ0) is 10.6. The Bertz CT molecular complexity index is 323. The first-order valence-corrected chi connectivity index (χ1v) is 4.30. The summed E-state index contributed by atoms with van der Waals surface area (Å²) in [6.45, 7) is 1.68. The fourth-order valence-electron chi connectivity index (χ4n) is 1.30. The van der Waals surface area contributed by atoms with E-state index >= 15 is 0 Å². The summed E-state index contributed by atoms with van der Waals surface area (Å²) in [6.07, 6.45) is 0.387. The Morgan fingerprint density at radius 2 is 1.93 bits per heavy atom. The molecule has 4 heteroatoms. The molecule has 1 rings (SSSR count). The van der Waals surface area contributed by atoms with Gasteiger partial charge in [0.15, 0.2) is 6.29 Å². The van der Waals surface area contributed by atoms with Gasteiger partial charge >= 0.3 is 0 Å². The molecule has 1 aromatic rings. The van der Waals surface area contributed by atoms with Gasteiger partial charge in [0.05, 0.1) is 5.92 Å². The molecule has 0 radical (unpaired) electrons. The monoisotopic (exact) mass is 193 g/mol. The van der Waals surface area contributed by atoms with Crippen molar-refractivity contribution in [3.8, 4) is 0 Å². The molecule has 0 aliphatic carbocycles. The van der Waals surface area contributed by atoms with Crippen LogP contribution in [0.3, 0.4) is 0 Å². The number of hydrogen-bond donors (Lipinski definition) is 0. The summed E-state index contributed by atoms with van der Waals surface area (Å²) in [4.78, 5) is 20.5. The minimum atomic E-state index is -1.16. The van der Waals surface area contributed by atoms with E-state index in [-0.39, 0.29) is 5.92 Å². The van der Waals surface area contributed by atoms with E-state index < -0.39 is 11.0 Å². The number of carbonyl (C=O) groups excluding carboxylic acids is 1. The van der Waals surface area contributed by atoms with Gasteiger partial charge < -0.3 is 0 Å². The Labute approximate surface area is 81.7 Å². The van der Waals surface area contributed by atoms with E-state index in [1.807, 2.05) is 6.07 Å². The van der Waals surface area contributed by atoms with Crippen molar-refractivity contribution in [2.45, 2.75) is 18.9 Å². The predicted molar refractivity (Wildman–Crippen MR) is 51.7 cm³/mol. The van der Waals surface area contributed by atoms with Gasteiger partial charge in [0.2, 0.25) is 0 Å². The first-order chi connectivity index (χ1) is 6.66. The number of nitrogens with zero attached hydrogens (tertiary/aromatic N) is 1. The normalized spacial score (nSPS) is 14.4. The summed E-state index contributed by atoms with van der Waals surface area (Å²) in [7, 11) is 0. The van der Waals surface area contributed by atoms with Crippen molar-refractivity contribution < 1.29 is 9.72 Å². The minimum absolute atomic E-state index is 0.385. The van der Waals surface area contributed by atoms with E-state index in [9.17, 15) is 14.9 Å². The second-order valence-corrected chi connectivity index (χ2v) is 3.11. The van der Waals surface area contributed by atoms with Crippen molar-refractivity contribution in [1.29, 1.82) is 0 Å². The van der Waals surface area contributed by atoms with Crippen LogP contribution in [0.15, 0.2) is 30.3 Å². The van der Waals surface area contributed by atoms with Gasteiger partial charge in [-0.1, -0.05) is 37.3 Å². The molecule has 0 fully saturated rings. The first kappa shape index (κ1) is 10.4. The van der Waals surface area contributed by atoms with Crippen LogP contribution in [0.5, 0.6) is 0 Å². The average Bonchev–Trinajstić information content (AvgIpc) is 2.19. The van der Waals surface area contributed by atoms with E-state index in [1.54, 1.807) is 31.2 Å². The van der Waals surface area contributed by atoms with Crippen LogP contribution in [0.1, 0.15) is 18.4 Å². The van der Waals surface area contributed by atoms with Crippen LogP contribution in [0.4, 0.5) is 0 Å². The highest BCUT2D eigenvalue weighted by molar-refractivity contribution is 5.58. The third-order valence-corrected chi connectivity index (χ3v) is 2.22. The smallest absolute Gasteiger partial charge is 0.273 e. The summed E-state index contributed by atoms with van der Waals surface area (Å²) in [5.41, 5.74) is 0.807. The van der Waals surface area contributed by atoms with Gasteiger partial charge in [0.1, 0.15) is 0 Å². The zero-order valence-corrected chi connectivity index (χ0v) is 7.79. The summed E-state index contributed by atoms with van der Waals surface area (Å²) in [6, 6.07) is 7.84. The highest BCUT2D eigenvalue weighted by Gasteiger charge is 2.28. The molecule has 0 heterocycles. The number of nitro groups is 1. The summed E-state index contributed by atoms with van der Waals surface area (Å²) < 4.78 is 0. The molecule has 2 atom stereocenters. The third-order valence-electron chi connectivity index (χ3n) is 2.22. The van der Waals surface area contributed by atoms with Gasteiger partial charge in [-0.3, -0.25) is 14.9 Å². The lowest BCUT2D eigenvalue weighted by Gasteiger charge is -2.11. The molecule has 4 nitrogen and oxygen atoms in total. The number of rotatable bonds is 4. The van der Waals surface area contributed by atoms with E-state index in [2.05, 4.69) is 0 Å². The lowest BCUT2D eigenvalue weighted by atomic mass is 9.95. The summed E-state index contributed by atoms with van der Waals surface area (Å²) in [5, 5.41) is 10.5. The van der Waals surface area contributed by atoms with E-state index in [1.165, 1.54) is 0 Å². The first-order valence-electron chi connectivity index (χ1n) is 4.30. The van der Waals surface area contributed by atoms with E-state index in [0.717, 1.165) is 5.56 Å². The Kier molecular flexibility index (Phi) is 3.34. The predicted octanol–water partition coefficient (Wildman–Crippen LogP) is 1.63. The molecule has 0 spiro atoms. The quantitative estimate of drug-likeness (QED) is 0.415. The standard InChI is InChI=1S/C10H11NO3/c1-8(10(7-12)11(13)14)9-5-3-2-4-6-9/h2-8,10H,1H3/t8-,10-/m1/s1. The molecule has 0 aromatic heterocycles. The molecular formula is C10H11NO3. The van der Waals surface area contributed by atoms with Crippen LogP contribution in [0.25, 0.3) is 0 Å². The van der Waals surface area contributed by atoms with Crippen molar-refractivity contribution in [3.63, 3.8) is 0 Å². The maximum Gasteiger partial charge on any atom is 0.273 e. The zero-order valence-electron chi connectivity index (χ0n) is 7.79. The largest absolute Gasteiger partial charge is 0.296 e. The summed E-state index contributed by atoms with van der Waals surface area (Å²) in [5.74, 6) is -0.385. The number of benzene rings is 1. The molecule has 1 aromatic carbocycles. The molecule has 0 unspecified atom stereocenters. The molecule has 14 heavy (non-hydrogen) atoms. The highest BCUT2D eigenvalue weighted by Crippen LogP contribution is 2.19. The third kappa shape index (κ3) is 2.16. The molecule has 0 saturated heterocycles. The van der Waals surface area contributed by atoms with Gasteiger partial charge in [0.25, 0.3) is 6.04 Å². The topological polar surface area (TPSA) is 60.2 Å². The molecule has 0 amide bonds. The van der Waals surface area contributed by atoms with Gasteiger partial charge in [-0.05, 0) is 5.56 Å². The summed E-state index contributed by atoms with van der Waals surface area (Å²) >= 11 is 0.